The first kappa shape index (κ1) is 32.6. The molecule has 46 heavy (non-hydrogen) atoms. The number of amides is 2. The van der Waals surface area contributed by atoms with Crippen LogP contribution in [-0.4, -0.2) is 56.9 Å². The molecule has 2 aliphatic rings. The van der Waals surface area contributed by atoms with Gasteiger partial charge in [-0.1, -0.05) is 82.8 Å². The minimum Gasteiger partial charge on any atom is -0.352 e. The van der Waals surface area contributed by atoms with Gasteiger partial charge in [0.05, 0.1) is 45.2 Å². The summed E-state index contributed by atoms with van der Waals surface area (Å²) in [6.07, 6.45) is 5.99. The number of halogens is 4. The maximum Gasteiger partial charge on any atom is 0.220 e. The summed E-state index contributed by atoms with van der Waals surface area (Å²) in [5.41, 5.74) is 4.95. The molecule has 6 rings (SSSR count). The van der Waals surface area contributed by atoms with Gasteiger partial charge in [0.1, 0.15) is 0 Å². The predicted molar refractivity (Wildman–Crippen MR) is 180 cm³/mol. The third kappa shape index (κ3) is 7.43. The van der Waals surface area contributed by atoms with Crippen molar-refractivity contribution in [2.45, 2.75) is 50.9 Å². The van der Waals surface area contributed by atoms with Crippen LogP contribution in [0.25, 0.3) is 33.6 Å². The number of rotatable bonds is 11. The highest BCUT2D eigenvalue weighted by atomic mass is 35.5. The molecule has 2 aromatic carbocycles. The molecule has 2 saturated heterocycles. The Morgan fingerprint density at radius 3 is 1.43 bits per heavy atom. The molecule has 4 aromatic rings. The zero-order chi connectivity index (χ0) is 32.2. The van der Waals surface area contributed by atoms with Crippen molar-refractivity contribution in [2.24, 2.45) is 0 Å². The van der Waals surface area contributed by atoms with E-state index in [2.05, 4.69) is 41.2 Å². The van der Waals surface area contributed by atoms with E-state index >= 15 is 0 Å². The molecule has 0 aliphatic carbocycles. The summed E-state index contributed by atoms with van der Waals surface area (Å²) in [4.78, 5) is 41.1. The van der Waals surface area contributed by atoms with Crippen molar-refractivity contribution in [2.75, 3.05) is 13.1 Å². The molecule has 2 amide bonds. The first-order chi connectivity index (χ1) is 22.3. The fourth-order valence-corrected chi connectivity index (χ4v) is 6.61. The SMILES string of the molecule is O=C1CCC(CNCc2ncc(-c3cccc(-c4cccc(-c5cnc(CNCC6CCC(=O)N6)c(Cl)n5)c4Cl)c3Cl)nc2Cl)N1. The van der Waals surface area contributed by atoms with E-state index in [0.29, 0.717) is 94.1 Å². The molecule has 0 bridgehead atoms. The number of hydrogen-bond acceptors (Lipinski definition) is 8. The molecule has 238 valence electrons. The topological polar surface area (TPSA) is 134 Å². The molecule has 2 aromatic heterocycles. The van der Waals surface area contributed by atoms with Crippen LogP contribution in [-0.2, 0) is 22.7 Å². The van der Waals surface area contributed by atoms with Crippen LogP contribution in [0.15, 0.2) is 48.8 Å². The summed E-state index contributed by atoms with van der Waals surface area (Å²) in [6, 6.07) is 11.4. The standard InChI is InChI=1S/C32H30Cl4N8O2/c33-29-19(3-1-5-21(29)23-15-39-25(31(35)43-23)13-37-11-17-7-9-27(45)41-17)20-4-2-6-22(30(20)34)24-16-40-26(32(36)44-24)14-38-12-18-8-10-28(46)42-18/h1-6,15-18,37-38H,7-14H2,(H,41,45)(H,42,46). The number of carbonyl (C=O) groups is 2. The lowest BCUT2D eigenvalue weighted by atomic mass is 9.98. The molecule has 2 aliphatic heterocycles. The Morgan fingerprint density at radius 1 is 0.652 bits per heavy atom. The minimum absolute atomic E-state index is 0.0749. The summed E-state index contributed by atoms with van der Waals surface area (Å²) >= 11 is 27.0. The van der Waals surface area contributed by atoms with Crippen molar-refractivity contribution >= 4 is 58.2 Å². The van der Waals surface area contributed by atoms with Crippen molar-refractivity contribution in [1.82, 2.24) is 41.2 Å². The summed E-state index contributed by atoms with van der Waals surface area (Å²) < 4.78 is 0. The Bertz CT molecular complexity index is 1660. The second kappa shape index (κ2) is 14.6. The van der Waals surface area contributed by atoms with E-state index in [4.69, 9.17) is 46.4 Å². The lowest BCUT2D eigenvalue weighted by Crippen LogP contribution is -2.35. The van der Waals surface area contributed by atoms with Gasteiger partial charge in [0, 0.05) is 73.4 Å². The normalized spacial score (nSPS) is 17.7. The first-order valence-electron chi connectivity index (χ1n) is 14.9. The molecule has 2 unspecified atom stereocenters. The number of carbonyl (C=O) groups excluding carboxylic acids is 2. The van der Waals surface area contributed by atoms with Gasteiger partial charge in [-0.3, -0.25) is 19.6 Å². The highest BCUT2D eigenvalue weighted by Crippen LogP contribution is 2.42. The molecule has 2 atom stereocenters. The molecular weight excluding hydrogens is 670 g/mol. The molecule has 14 heteroatoms. The third-order valence-electron chi connectivity index (χ3n) is 7.97. The Labute approximate surface area is 286 Å². The van der Waals surface area contributed by atoms with Gasteiger partial charge in [-0.2, -0.15) is 0 Å². The van der Waals surface area contributed by atoms with Crippen LogP contribution in [0, 0.1) is 0 Å². The van der Waals surface area contributed by atoms with Crippen molar-refractivity contribution in [3.63, 3.8) is 0 Å². The Hall–Kier alpha value is -3.38. The summed E-state index contributed by atoms with van der Waals surface area (Å²) in [5.74, 6) is 0.150. The zero-order valence-electron chi connectivity index (χ0n) is 24.5. The molecule has 2 fully saturated rings. The molecule has 0 spiro atoms. The maximum absolute atomic E-state index is 11.4. The van der Waals surface area contributed by atoms with E-state index in [-0.39, 0.29) is 34.2 Å². The predicted octanol–water partition coefficient (Wildman–Crippen LogP) is 5.62. The first-order valence-corrected chi connectivity index (χ1v) is 16.4. The van der Waals surface area contributed by atoms with Crippen molar-refractivity contribution in [1.29, 1.82) is 0 Å². The van der Waals surface area contributed by atoms with Crippen molar-refractivity contribution in [3.05, 3.63) is 80.5 Å². The van der Waals surface area contributed by atoms with Crippen LogP contribution in [0.3, 0.4) is 0 Å². The van der Waals surface area contributed by atoms with Crippen LogP contribution in [0.4, 0.5) is 0 Å². The average molecular weight is 700 g/mol. The number of benzene rings is 2. The molecule has 10 nitrogen and oxygen atoms in total. The van der Waals surface area contributed by atoms with Gasteiger partial charge in [-0.15, -0.1) is 0 Å². The van der Waals surface area contributed by atoms with Gasteiger partial charge in [-0.05, 0) is 12.8 Å². The summed E-state index contributed by atoms with van der Waals surface area (Å²) in [6.45, 7) is 2.08. The van der Waals surface area contributed by atoms with E-state index < -0.39 is 0 Å². The lowest BCUT2D eigenvalue weighted by molar-refractivity contribution is -0.120. The Morgan fingerprint density at radius 2 is 1.07 bits per heavy atom. The van der Waals surface area contributed by atoms with Crippen molar-refractivity contribution < 1.29 is 9.59 Å². The fraction of sp³-hybridized carbons (Fsp3) is 0.312. The summed E-state index contributed by atoms with van der Waals surface area (Å²) in [7, 11) is 0. The zero-order valence-corrected chi connectivity index (χ0v) is 27.6. The van der Waals surface area contributed by atoms with Crippen LogP contribution in [0.1, 0.15) is 37.1 Å². The summed E-state index contributed by atoms with van der Waals surface area (Å²) in [5, 5.41) is 13.8. The van der Waals surface area contributed by atoms with Gasteiger partial charge in [0.25, 0.3) is 0 Å². The van der Waals surface area contributed by atoms with E-state index in [1.165, 1.54) is 0 Å². The van der Waals surface area contributed by atoms with Gasteiger partial charge in [0.15, 0.2) is 10.3 Å². The van der Waals surface area contributed by atoms with Gasteiger partial charge in [0.2, 0.25) is 11.8 Å². The molecule has 0 saturated carbocycles. The third-order valence-corrected chi connectivity index (χ3v) is 9.39. The van der Waals surface area contributed by atoms with Crippen molar-refractivity contribution in [3.8, 4) is 33.6 Å². The van der Waals surface area contributed by atoms with Gasteiger partial charge < -0.3 is 21.3 Å². The largest absolute Gasteiger partial charge is 0.352 e. The monoisotopic (exact) mass is 698 g/mol. The van der Waals surface area contributed by atoms with E-state index in [0.717, 1.165) is 12.8 Å². The lowest BCUT2D eigenvalue weighted by Gasteiger charge is -2.15. The second-order valence-corrected chi connectivity index (χ2v) is 12.7. The van der Waals surface area contributed by atoms with Crippen LogP contribution < -0.4 is 21.3 Å². The molecule has 0 radical (unpaired) electrons. The van der Waals surface area contributed by atoms with Crippen LogP contribution in [0.5, 0.6) is 0 Å². The number of nitrogens with one attached hydrogen (secondary N) is 4. The highest BCUT2D eigenvalue weighted by molar-refractivity contribution is 6.39. The van der Waals surface area contributed by atoms with E-state index in [1.807, 2.05) is 36.4 Å². The van der Waals surface area contributed by atoms with E-state index in [9.17, 15) is 9.59 Å². The van der Waals surface area contributed by atoms with Gasteiger partial charge >= 0.3 is 0 Å². The second-order valence-electron chi connectivity index (χ2n) is 11.2. The molecular formula is C32H30Cl4N8O2. The Kier molecular flexibility index (Phi) is 10.3. The maximum atomic E-state index is 11.4. The number of hydrogen-bond donors (Lipinski definition) is 4. The molecule has 4 N–H and O–H groups in total. The average Bonchev–Trinajstić information content (AvgIpc) is 3.66. The highest BCUT2D eigenvalue weighted by Gasteiger charge is 2.22. The number of aromatic nitrogens is 4. The van der Waals surface area contributed by atoms with E-state index in [1.54, 1.807) is 12.4 Å². The quantitative estimate of drug-likeness (QED) is 0.159. The van der Waals surface area contributed by atoms with Crippen LogP contribution >= 0.6 is 46.4 Å². The number of nitrogens with zero attached hydrogens (tertiary/aromatic N) is 4. The smallest absolute Gasteiger partial charge is 0.220 e. The molecule has 4 heterocycles. The van der Waals surface area contributed by atoms with Gasteiger partial charge in [-0.25, -0.2) is 9.97 Å². The fourth-order valence-electron chi connectivity index (χ4n) is 5.55. The van der Waals surface area contributed by atoms with Crippen LogP contribution in [0.2, 0.25) is 20.4 Å². The minimum atomic E-state index is 0.0749. The Balaban J connectivity index is 1.17.